The molecule has 0 radical (unpaired) electrons. The summed E-state index contributed by atoms with van der Waals surface area (Å²) in [6, 6.07) is 8.13. The van der Waals surface area contributed by atoms with Crippen molar-refractivity contribution in [2.24, 2.45) is 0 Å². The molecule has 28 heavy (non-hydrogen) atoms. The van der Waals surface area contributed by atoms with Gasteiger partial charge in [-0.05, 0) is 25.1 Å². The van der Waals surface area contributed by atoms with Crippen LogP contribution in [0.4, 0.5) is 8.78 Å². The summed E-state index contributed by atoms with van der Waals surface area (Å²) in [5, 5.41) is 2.58. The second-order valence-electron chi connectivity index (χ2n) is 6.37. The number of carbonyl (C=O) groups is 1. The normalized spacial score (nSPS) is 16.5. The lowest BCUT2D eigenvalue weighted by Crippen LogP contribution is -2.41. The fraction of sp³-hybridized carbons (Fsp3) is 0.316. The van der Waals surface area contributed by atoms with E-state index in [-0.39, 0.29) is 42.3 Å². The molecule has 0 aromatic heterocycles. The van der Waals surface area contributed by atoms with Crippen molar-refractivity contribution >= 4 is 15.9 Å². The van der Waals surface area contributed by atoms with Crippen LogP contribution in [-0.4, -0.2) is 44.9 Å². The van der Waals surface area contributed by atoms with Crippen molar-refractivity contribution in [2.75, 3.05) is 26.3 Å². The minimum absolute atomic E-state index is 0.0386. The molecule has 1 fully saturated rings. The van der Waals surface area contributed by atoms with Crippen molar-refractivity contribution in [3.63, 3.8) is 0 Å². The smallest absolute Gasteiger partial charge is 0.253 e. The van der Waals surface area contributed by atoms with Crippen LogP contribution in [0.1, 0.15) is 28.9 Å². The maximum absolute atomic E-state index is 14.0. The molecule has 0 bridgehead atoms. The first-order chi connectivity index (χ1) is 13.3. The maximum Gasteiger partial charge on any atom is 0.253 e. The number of carbonyl (C=O) groups excluding carboxylic acids is 1. The molecule has 1 aliphatic rings. The molecular formula is C19H20F2N2O4S. The van der Waals surface area contributed by atoms with Crippen LogP contribution < -0.4 is 5.32 Å². The Morgan fingerprint density at radius 3 is 2.50 bits per heavy atom. The lowest BCUT2D eigenvalue weighted by molar-refractivity contribution is 0.0729. The van der Waals surface area contributed by atoms with E-state index in [1.54, 1.807) is 6.07 Å². The lowest BCUT2D eigenvalue weighted by atomic mass is 10.1. The third-order valence-electron chi connectivity index (χ3n) is 4.50. The highest BCUT2D eigenvalue weighted by atomic mass is 32.2. The van der Waals surface area contributed by atoms with Crippen LogP contribution in [0.25, 0.3) is 0 Å². The third kappa shape index (κ3) is 4.21. The SMILES string of the molecule is CC(NC(=O)c1ccccc1S(=O)(=O)N1CCOCC1)c1ccc(F)cc1F. The molecule has 9 heteroatoms. The van der Waals surface area contributed by atoms with Crippen LogP contribution >= 0.6 is 0 Å². The number of hydrogen-bond donors (Lipinski definition) is 1. The zero-order valence-corrected chi connectivity index (χ0v) is 16.0. The number of nitrogens with zero attached hydrogens (tertiary/aromatic N) is 1. The van der Waals surface area contributed by atoms with Gasteiger partial charge in [-0.15, -0.1) is 0 Å². The molecule has 1 saturated heterocycles. The minimum atomic E-state index is -3.88. The summed E-state index contributed by atoms with van der Waals surface area (Å²) < 4.78 is 59.4. The Morgan fingerprint density at radius 1 is 1.14 bits per heavy atom. The molecule has 1 unspecified atom stereocenters. The van der Waals surface area contributed by atoms with Gasteiger partial charge in [0.15, 0.2) is 0 Å². The molecule has 1 N–H and O–H groups in total. The largest absolute Gasteiger partial charge is 0.379 e. The monoisotopic (exact) mass is 410 g/mol. The highest BCUT2D eigenvalue weighted by molar-refractivity contribution is 7.89. The van der Waals surface area contributed by atoms with E-state index < -0.39 is 33.6 Å². The Labute approximate surface area is 162 Å². The lowest BCUT2D eigenvalue weighted by Gasteiger charge is -2.27. The Hall–Kier alpha value is -2.36. The number of sulfonamides is 1. The number of rotatable bonds is 5. The van der Waals surface area contributed by atoms with E-state index in [1.165, 1.54) is 35.5 Å². The van der Waals surface area contributed by atoms with E-state index in [2.05, 4.69) is 5.32 Å². The van der Waals surface area contributed by atoms with E-state index >= 15 is 0 Å². The van der Waals surface area contributed by atoms with Gasteiger partial charge in [0.25, 0.3) is 5.91 Å². The topological polar surface area (TPSA) is 75.7 Å². The number of benzene rings is 2. The summed E-state index contributed by atoms with van der Waals surface area (Å²) in [5.41, 5.74) is 0.0617. The Morgan fingerprint density at radius 2 is 1.82 bits per heavy atom. The summed E-state index contributed by atoms with van der Waals surface area (Å²) >= 11 is 0. The Kier molecular flexibility index (Phi) is 6.07. The standard InChI is InChI=1S/C19H20F2N2O4S/c1-13(15-7-6-14(20)12-17(15)21)22-19(24)16-4-2-3-5-18(16)28(25,26)23-8-10-27-11-9-23/h2-7,12-13H,8-11H2,1H3,(H,22,24). The molecule has 0 spiro atoms. The molecule has 1 heterocycles. The van der Waals surface area contributed by atoms with Gasteiger partial charge in [-0.25, -0.2) is 17.2 Å². The zero-order valence-electron chi connectivity index (χ0n) is 15.2. The van der Waals surface area contributed by atoms with Crippen LogP contribution in [0.5, 0.6) is 0 Å². The molecule has 3 rings (SSSR count). The maximum atomic E-state index is 14.0. The van der Waals surface area contributed by atoms with Crippen molar-refractivity contribution in [1.29, 1.82) is 0 Å². The Bertz CT molecular complexity index is 976. The quantitative estimate of drug-likeness (QED) is 0.822. The number of ether oxygens (including phenoxy) is 1. The van der Waals surface area contributed by atoms with E-state index in [0.717, 1.165) is 12.1 Å². The number of hydrogen-bond acceptors (Lipinski definition) is 4. The number of amides is 1. The van der Waals surface area contributed by atoms with Crippen molar-refractivity contribution in [1.82, 2.24) is 9.62 Å². The van der Waals surface area contributed by atoms with Crippen LogP contribution in [0, 0.1) is 11.6 Å². The summed E-state index contributed by atoms with van der Waals surface area (Å²) in [4.78, 5) is 12.6. The molecular weight excluding hydrogens is 390 g/mol. The minimum Gasteiger partial charge on any atom is -0.379 e. The van der Waals surface area contributed by atoms with Gasteiger partial charge >= 0.3 is 0 Å². The molecule has 2 aromatic carbocycles. The second-order valence-corrected chi connectivity index (χ2v) is 8.28. The van der Waals surface area contributed by atoms with Gasteiger partial charge < -0.3 is 10.1 Å². The first kappa shape index (κ1) is 20.4. The van der Waals surface area contributed by atoms with E-state index in [4.69, 9.17) is 4.74 Å². The van der Waals surface area contributed by atoms with Gasteiger partial charge in [-0.3, -0.25) is 4.79 Å². The van der Waals surface area contributed by atoms with Crippen LogP contribution in [-0.2, 0) is 14.8 Å². The number of morpholine rings is 1. The Balaban J connectivity index is 1.86. The van der Waals surface area contributed by atoms with Crippen molar-refractivity contribution in [3.05, 3.63) is 65.2 Å². The van der Waals surface area contributed by atoms with E-state index in [1.807, 2.05) is 0 Å². The molecule has 0 saturated carbocycles. The summed E-state index contributed by atoms with van der Waals surface area (Å²) in [5.74, 6) is -2.17. The molecule has 6 nitrogen and oxygen atoms in total. The molecule has 0 aliphatic carbocycles. The third-order valence-corrected chi connectivity index (χ3v) is 6.45. The molecule has 2 aromatic rings. The van der Waals surface area contributed by atoms with Crippen LogP contribution in [0.2, 0.25) is 0 Å². The van der Waals surface area contributed by atoms with Gasteiger partial charge in [0.2, 0.25) is 10.0 Å². The summed E-state index contributed by atoms with van der Waals surface area (Å²) in [6.45, 7) is 2.52. The van der Waals surface area contributed by atoms with Crippen molar-refractivity contribution in [3.8, 4) is 0 Å². The molecule has 1 aliphatic heterocycles. The van der Waals surface area contributed by atoms with Gasteiger partial charge in [0.1, 0.15) is 11.6 Å². The first-order valence-corrected chi connectivity index (χ1v) is 10.2. The van der Waals surface area contributed by atoms with Crippen molar-refractivity contribution in [2.45, 2.75) is 17.9 Å². The predicted octanol–water partition coefficient (Wildman–Crippen LogP) is 2.48. The predicted molar refractivity (Wildman–Crippen MR) is 98.3 cm³/mol. The average molecular weight is 410 g/mol. The summed E-state index contributed by atoms with van der Waals surface area (Å²) in [6.07, 6.45) is 0. The fourth-order valence-corrected chi connectivity index (χ4v) is 4.61. The molecule has 150 valence electrons. The van der Waals surface area contributed by atoms with Gasteiger partial charge in [0, 0.05) is 24.7 Å². The summed E-state index contributed by atoms with van der Waals surface area (Å²) in [7, 11) is -3.88. The highest BCUT2D eigenvalue weighted by Gasteiger charge is 2.30. The average Bonchev–Trinajstić information content (AvgIpc) is 2.68. The van der Waals surface area contributed by atoms with Crippen LogP contribution in [0.3, 0.4) is 0 Å². The van der Waals surface area contributed by atoms with Crippen LogP contribution in [0.15, 0.2) is 47.4 Å². The van der Waals surface area contributed by atoms with Gasteiger partial charge in [-0.1, -0.05) is 18.2 Å². The molecule has 1 amide bonds. The zero-order chi connectivity index (χ0) is 20.3. The highest BCUT2D eigenvalue weighted by Crippen LogP contribution is 2.23. The van der Waals surface area contributed by atoms with E-state index in [0.29, 0.717) is 0 Å². The van der Waals surface area contributed by atoms with E-state index in [9.17, 15) is 22.0 Å². The van der Waals surface area contributed by atoms with Gasteiger partial charge in [0.05, 0.1) is 29.7 Å². The number of nitrogens with one attached hydrogen (secondary N) is 1. The fourth-order valence-electron chi connectivity index (χ4n) is 3.01. The first-order valence-electron chi connectivity index (χ1n) is 8.73. The molecule has 1 atom stereocenters. The van der Waals surface area contributed by atoms with Gasteiger partial charge in [-0.2, -0.15) is 4.31 Å². The number of halogens is 2. The van der Waals surface area contributed by atoms with Crippen molar-refractivity contribution < 1.29 is 26.7 Å². The second kappa shape index (κ2) is 8.34.